The van der Waals surface area contributed by atoms with E-state index < -0.39 is 34.3 Å². The van der Waals surface area contributed by atoms with Gasteiger partial charge >= 0.3 is 0 Å². The summed E-state index contributed by atoms with van der Waals surface area (Å²) < 4.78 is 45.2. The van der Waals surface area contributed by atoms with Gasteiger partial charge in [0.25, 0.3) is 0 Å². The van der Waals surface area contributed by atoms with Crippen LogP contribution in [0.4, 0.5) is 10.1 Å². The van der Waals surface area contributed by atoms with Gasteiger partial charge in [-0.3, -0.25) is 13.9 Å². The molecule has 0 aliphatic rings. The monoisotopic (exact) mass is 507 g/mol. The Labute approximate surface area is 207 Å². The Morgan fingerprint density at radius 3 is 2.29 bits per heavy atom. The minimum Gasteiger partial charge on any atom is -0.495 e. The molecule has 2 aromatic carbocycles. The van der Waals surface area contributed by atoms with Crippen LogP contribution in [0.3, 0.4) is 0 Å². The van der Waals surface area contributed by atoms with Gasteiger partial charge in [-0.05, 0) is 62.6 Å². The second-order valence-electron chi connectivity index (χ2n) is 8.59. The van der Waals surface area contributed by atoms with E-state index in [1.165, 1.54) is 36.3 Å². The van der Waals surface area contributed by atoms with E-state index in [9.17, 15) is 22.4 Å². The van der Waals surface area contributed by atoms with Crippen LogP contribution >= 0.6 is 0 Å². The number of hydrogen-bond donors (Lipinski definition) is 1. The second-order valence-corrected chi connectivity index (χ2v) is 10.5. The molecule has 1 N–H and O–H groups in total. The minimum absolute atomic E-state index is 0.00321. The number of nitrogens with one attached hydrogen (secondary N) is 1. The molecule has 35 heavy (non-hydrogen) atoms. The van der Waals surface area contributed by atoms with E-state index >= 15 is 0 Å². The lowest BCUT2D eigenvalue weighted by molar-refractivity contribution is -0.139. The summed E-state index contributed by atoms with van der Waals surface area (Å²) in [5.41, 5.74) is 1.61. The zero-order valence-corrected chi connectivity index (χ0v) is 21.9. The summed E-state index contributed by atoms with van der Waals surface area (Å²) in [6.07, 6.45) is 1.71. The Morgan fingerprint density at radius 1 is 1.11 bits per heavy atom. The fourth-order valence-electron chi connectivity index (χ4n) is 3.42. The summed E-state index contributed by atoms with van der Waals surface area (Å²) in [4.78, 5) is 27.7. The lowest BCUT2D eigenvalue weighted by atomic mass is 10.1. The largest absolute Gasteiger partial charge is 0.495 e. The van der Waals surface area contributed by atoms with Crippen LogP contribution in [0.25, 0.3) is 0 Å². The molecular weight excluding hydrogens is 473 g/mol. The van der Waals surface area contributed by atoms with Gasteiger partial charge in [0.2, 0.25) is 21.8 Å². The molecule has 192 valence electrons. The summed E-state index contributed by atoms with van der Waals surface area (Å²) in [7, 11) is -2.47. The number of anilines is 1. The predicted molar refractivity (Wildman–Crippen MR) is 134 cm³/mol. The normalized spacial score (nSPS) is 13.0. The SMILES string of the molecule is CC[C@@H](C)NC(=O)[C@H](C)N(Cc1ccc(F)cc1)C(=O)CN(c1cc(C)ccc1OC)S(C)(=O)=O. The molecule has 0 heterocycles. The van der Waals surface area contributed by atoms with Crippen LogP contribution < -0.4 is 14.4 Å². The minimum atomic E-state index is -3.89. The second kappa shape index (κ2) is 12.0. The van der Waals surface area contributed by atoms with Crippen molar-refractivity contribution in [1.29, 1.82) is 0 Å². The van der Waals surface area contributed by atoms with Gasteiger partial charge in [-0.2, -0.15) is 0 Å². The van der Waals surface area contributed by atoms with Crippen LogP contribution in [0.15, 0.2) is 42.5 Å². The van der Waals surface area contributed by atoms with E-state index in [0.717, 1.165) is 16.1 Å². The van der Waals surface area contributed by atoms with Crippen molar-refractivity contribution < 1.29 is 27.1 Å². The van der Waals surface area contributed by atoms with Crippen LogP contribution in [-0.2, 0) is 26.2 Å². The lowest BCUT2D eigenvalue weighted by Gasteiger charge is -2.32. The van der Waals surface area contributed by atoms with Crippen LogP contribution in [0.1, 0.15) is 38.3 Å². The average molecular weight is 508 g/mol. The average Bonchev–Trinajstić information content (AvgIpc) is 2.80. The van der Waals surface area contributed by atoms with Gasteiger partial charge in [0.05, 0.1) is 19.1 Å². The maximum atomic E-state index is 13.6. The fourth-order valence-corrected chi connectivity index (χ4v) is 4.27. The number of benzene rings is 2. The number of methoxy groups -OCH3 is 1. The van der Waals surface area contributed by atoms with Crippen molar-refractivity contribution in [2.75, 3.05) is 24.2 Å². The molecule has 0 aromatic heterocycles. The molecule has 2 amide bonds. The molecule has 0 aliphatic carbocycles. The number of carbonyl (C=O) groups excluding carboxylic acids is 2. The van der Waals surface area contributed by atoms with Crippen molar-refractivity contribution in [1.82, 2.24) is 10.2 Å². The lowest BCUT2D eigenvalue weighted by Crippen LogP contribution is -2.52. The highest BCUT2D eigenvalue weighted by Crippen LogP contribution is 2.31. The Balaban J connectivity index is 2.45. The summed E-state index contributed by atoms with van der Waals surface area (Å²) in [6, 6.07) is 9.60. The predicted octanol–water partition coefficient (Wildman–Crippen LogP) is 3.24. The number of ether oxygens (including phenoxy) is 1. The topological polar surface area (TPSA) is 96.0 Å². The van der Waals surface area contributed by atoms with Crippen molar-refractivity contribution in [2.24, 2.45) is 0 Å². The van der Waals surface area contributed by atoms with Crippen LogP contribution in [-0.4, -0.2) is 57.1 Å². The zero-order chi connectivity index (χ0) is 26.3. The first kappa shape index (κ1) is 28.1. The molecule has 0 unspecified atom stereocenters. The summed E-state index contributed by atoms with van der Waals surface area (Å²) in [6.45, 7) is 6.62. The van der Waals surface area contributed by atoms with E-state index in [2.05, 4.69) is 5.32 Å². The van der Waals surface area contributed by atoms with Crippen molar-refractivity contribution in [2.45, 2.75) is 52.7 Å². The molecule has 0 saturated heterocycles. The van der Waals surface area contributed by atoms with Gasteiger partial charge in [-0.25, -0.2) is 12.8 Å². The Morgan fingerprint density at radius 2 is 1.74 bits per heavy atom. The molecule has 0 aliphatic heterocycles. The summed E-state index contributed by atoms with van der Waals surface area (Å²) >= 11 is 0. The van der Waals surface area contributed by atoms with Gasteiger partial charge in [0.15, 0.2) is 0 Å². The van der Waals surface area contributed by atoms with Crippen molar-refractivity contribution in [3.63, 3.8) is 0 Å². The van der Waals surface area contributed by atoms with Crippen LogP contribution in [0.2, 0.25) is 0 Å². The first-order chi connectivity index (χ1) is 16.4. The third-order valence-electron chi connectivity index (χ3n) is 5.72. The Kier molecular flexibility index (Phi) is 9.64. The van der Waals surface area contributed by atoms with Gasteiger partial charge in [-0.15, -0.1) is 0 Å². The van der Waals surface area contributed by atoms with E-state index in [1.807, 2.05) is 13.8 Å². The number of sulfonamides is 1. The van der Waals surface area contributed by atoms with E-state index in [-0.39, 0.29) is 24.2 Å². The smallest absolute Gasteiger partial charge is 0.244 e. The highest BCUT2D eigenvalue weighted by atomic mass is 32.2. The number of nitrogens with zero attached hydrogens (tertiary/aromatic N) is 2. The molecule has 0 spiro atoms. The first-order valence-corrected chi connectivity index (χ1v) is 13.2. The van der Waals surface area contributed by atoms with E-state index in [0.29, 0.717) is 17.7 Å². The number of aryl methyl sites for hydroxylation is 1. The highest BCUT2D eigenvalue weighted by molar-refractivity contribution is 7.92. The van der Waals surface area contributed by atoms with Gasteiger partial charge in [0.1, 0.15) is 24.2 Å². The number of hydrogen-bond acceptors (Lipinski definition) is 5. The van der Waals surface area contributed by atoms with E-state index in [1.54, 1.807) is 32.0 Å². The van der Waals surface area contributed by atoms with Crippen LogP contribution in [0.5, 0.6) is 5.75 Å². The van der Waals surface area contributed by atoms with Gasteiger partial charge in [-0.1, -0.05) is 25.1 Å². The molecule has 8 nitrogen and oxygen atoms in total. The Bertz CT molecular complexity index is 1140. The number of halogens is 1. The quantitative estimate of drug-likeness (QED) is 0.504. The fraction of sp³-hybridized carbons (Fsp3) is 0.440. The molecule has 2 rings (SSSR count). The third kappa shape index (κ3) is 7.68. The zero-order valence-electron chi connectivity index (χ0n) is 21.0. The maximum Gasteiger partial charge on any atom is 0.244 e. The molecular formula is C25H34FN3O5S. The molecule has 0 saturated carbocycles. The first-order valence-electron chi connectivity index (χ1n) is 11.3. The molecule has 0 radical (unpaired) electrons. The van der Waals surface area contributed by atoms with E-state index in [4.69, 9.17) is 4.74 Å². The molecule has 2 aromatic rings. The maximum absolute atomic E-state index is 13.6. The highest BCUT2D eigenvalue weighted by Gasteiger charge is 2.31. The number of carbonyl (C=O) groups is 2. The molecule has 0 bridgehead atoms. The van der Waals surface area contributed by atoms with Crippen molar-refractivity contribution in [3.8, 4) is 5.75 Å². The third-order valence-corrected chi connectivity index (χ3v) is 6.84. The summed E-state index contributed by atoms with van der Waals surface area (Å²) in [5, 5.41) is 2.86. The van der Waals surface area contributed by atoms with Crippen molar-refractivity contribution >= 4 is 27.5 Å². The van der Waals surface area contributed by atoms with Crippen molar-refractivity contribution in [3.05, 3.63) is 59.4 Å². The van der Waals surface area contributed by atoms with Gasteiger partial charge < -0.3 is 15.0 Å². The molecule has 2 atom stereocenters. The standard InChI is InChI=1S/C25H34FN3O5S/c1-7-18(3)27-25(31)19(4)28(15-20-9-11-21(26)12-10-20)24(30)16-29(35(6,32)33)22-14-17(2)8-13-23(22)34-5/h8-14,18-19H,7,15-16H2,1-6H3,(H,27,31)/t18-,19+/m1/s1. The van der Waals surface area contributed by atoms with Crippen LogP contribution in [0, 0.1) is 12.7 Å². The van der Waals surface area contributed by atoms with Gasteiger partial charge in [0, 0.05) is 12.6 Å². The number of amides is 2. The molecule has 0 fully saturated rings. The Hall–Kier alpha value is -3.14. The summed E-state index contributed by atoms with van der Waals surface area (Å²) in [5.74, 6) is -1.09. The number of rotatable bonds is 11. The molecule has 10 heteroatoms.